The van der Waals surface area contributed by atoms with E-state index >= 15 is 0 Å². The summed E-state index contributed by atoms with van der Waals surface area (Å²) in [6.45, 7) is 3.28. The molecule has 94 valence electrons. The predicted octanol–water partition coefficient (Wildman–Crippen LogP) is 3.26. The number of ether oxygens (including phenoxy) is 1. The first kappa shape index (κ1) is 12.4. The summed E-state index contributed by atoms with van der Waals surface area (Å²) in [4.78, 5) is 0. The fourth-order valence-electron chi connectivity index (χ4n) is 3.20. The maximum absolute atomic E-state index is 6.33. The molecule has 0 aromatic heterocycles. The van der Waals surface area contributed by atoms with Crippen LogP contribution in [0.2, 0.25) is 0 Å². The van der Waals surface area contributed by atoms with Crippen molar-refractivity contribution in [1.82, 2.24) is 5.32 Å². The second-order valence-corrected chi connectivity index (χ2v) is 5.38. The summed E-state index contributed by atoms with van der Waals surface area (Å²) in [7, 11) is 0. The highest BCUT2D eigenvalue weighted by molar-refractivity contribution is 4.82. The minimum atomic E-state index is 0.491. The zero-order chi connectivity index (χ0) is 11.2. The summed E-state index contributed by atoms with van der Waals surface area (Å²) >= 11 is 0. The molecule has 0 aromatic carbocycles. The number of likely N-dealkylation sites (N-methyl/N-ethyl adjacent to an activating group) is 1. The Hall–Kier alpha value is -0.0800. The molecule has 0 bridgehead atoms. The van der Waals surface area contributed by atoms with E-state index in [-0.39, 0.29) is 0 Å². The van der Waals surface area contributed by atoms with Crippen molar-refractivity contribution in [3.8, 4) is 0 Å². The third-order valence-electron chi connectivity index (χ3n) is 4.09. The number of hydrogen-bond acceptors (Lipinski definition) is 2. The monoisotopic (exact) mass is 225 g/mol. The topological polar surface area (TPSA) is 21.3 Å². The van der Waals surface area contributed by atoms with Crippen LogP contribution in [-0.4, -0.2) is 24.8 Å². The Morgan fingerprint density at radius 3 is 2.38 bits per heavy atom. The highest BCUT2D eigenvalue weighted by Gasteiger charge is 2.27. The van der Waals surface area contributed by atoms with Crippen LogP contribution in [0.1, 0.15) is 64.7 Å². The van der Waals surface area contributed by atoms with Gasteiger partial charge in [0, 0.05) is 6.04 Å². The molecule has 0 radical (unpaired) electrons. The van der Waals surface area contributed by atoms with Crippen LogP contribution < -0.4 is 5.32 Å². The zero-order valence-corrected chi connectivity index (χ0v) is 10.7. The van der Waals surface area contributed by atoms with E-state index in [4.69, 9.17) is 4.74 Å². The number of rotatable bonds is 4. The fourth-order valence-corrected chi connectivity index (χ4v) is 3.20. The quantitative estimate of drug-likeness (QED) is 0.742. The maximum Gasteiger partial charge on any atom is 0.0731 e. The van der Waals surface area contributed by atoms with Gasteiger partial charge in [-0.25, -0.2) is 0 Å². The van der Waals surface area contributed by atoms with Crippen molar-refractivity contribution in [3.63, 3.8) is 0 Å². The average Bonchev–Trinajstić information content (AvgIpc) is 2.69. The van der Waals surface area contributed by atoms with E-state index in [2.05, 4.69) is 12.2 Å². The van der Waals surface area contributed by atoms with E-state index in [1.807, 2.05) is 0 Å². The van der Waals surface area contributed by atoms with E-state index in [1.165, 1.54) is 57.8 Å². The van der Waals surface area contributed by atoms with Crippen molar-refractivity contribution >= 4 is 0 Å². The molecule has 2 aliphatic rings. The lowest BCUT2D eigenvalue weighted by atomic mass is 10.1. The largest absolute Gasteiger partial charge is 0.373 e. The van der Waals surface area contributed by atoms with Crippen LogP contribution >= 0.6 is 0 Å². The van der Waals surface area contributed by atoms with Crippen molar-refractivity contribution < 1.29 is 4.74 Å². The molecule has 16 heavy (non-hydrogen) atoms. The van der Waals surface area contributed by atoms with E-state index in [9.17, 15) is 0 Å². The van der Waals surface area contributed by atoms with E-state index in [0.29, 0.717) is 18.2 Å². The minimum Gasteiger partial charge on any atom is -0.373 e. The summed E-state index contributed by atoms with van der Waals surface area (Å²) < 4.78 is 6.33. The molecule has 2 aliphatic carbocycles. The van der Waals surface area contributed by atoms with Crippen LogP contribution in [0.3, 0.4) is 0 Å². The van der Waals surface area contributed by atoms with Gasteiger partial charge in [0.05, 0.1) is 12.2 Å². The van der Waals surface area contributed by atoms with Crippen molar-refractivity contribution in [2.24, 2.45) is 0 Å². The van der Waals surface area contributed by atoms with Crippen LogP contribution in [-0.2, 0) is 4.74 Å². The van der Waals surface area contributed by atoms with Gasteiger partial charge < -0.3 is 10.1 Å². The third kappa shape index (κ3) is 3.46. The number of hydrogen-bond donors (Lipinski definition) is 1. The third-order valence-corrected chi connectivity index (χ3v) is 4.09. The van der Waals surface area contributed by atoms with Crippen LogP contribution in [0.5, 0.6) is 0 Å². The summed E-state index contributed by atoms with van der Waals surface area (Å²) in [5, 5.41) is 3.62. The van der Waals surface area contributed by atoms with Crippen LogP contribution in [0.15, 0.2) is 0 Å². The zero-order valence-electron chi connectivity index (χ0n) is 10.7. The van der Waals surface area contributed by atoms with Gasteiger partial charge in [-0.05, 0) is 32.2 Å². The highest BCUT2D eigenvalue weighted by atomic mass is 16.5. The van der Waals surface area contributed by atoms with Crippen molar-refractivity contribution in [2.45, 2.75) is 83.0 Å². The average molecular weight is 225 g/mol. The predicted molar refractivity (Wildman–Crippen MR) is 67.7 cm³/mol. The van der Waals surface area contributed by atoms with Gasteiger partial charge in [-0.1, -0.05) is 39.0 Å². The van der Waals surface area contributed by atoms with Crippen molar-refractivity contribution in [3.05, 3.63) is 0 Å². The first-order valence-electron chi connectivity index (χ1n) is 7.29. The number of nitrogens with one attached hydrogen (secondary N) is 1. The molecule has 0 aromatic rings. The van der Waals surface area contributed by atoms with Gasteiger partial charge in [-0.2, -0.15) is 0 Å². The Morgan fingerprint density at radius 2 is 1.62 bits per heavy atom. The minimum absolute atomic E-state index is 0.491. The van der Waals surface area contributed by atoms with Gasteiger partial charge in [-0.15, -0.1) is 0 Å². The molecule has 2 heteroatoms. The van der Waals surface area contributed by atoms with Crippen LogP contribution in [0, 0.1) is 0 Å². The lowest BCUT2D eigenvalue weighted by Crippen LogP contribution is -2.42. The molecule has 0 saturated heterocycles. The Kier molecular flexibility index (Phi) is 5.11. The summed E-state index contributed by atoms with van der Waals surface area (Å²) in [6.07, 6.45) is 13.1. The second-order valence-electron chi connectivity index (χ2n) is 5.38. The standard InChI is InChI=1S/C14H27NO/c1-2-15-13-10-4-3-5-11-14(13)16-12-8-6-7-9-12/h12-15H,2-11H2,1H3. The maximum atomic E-state index is 6.33. The van der Waals surface area contributed by atoms with Crippen molar-refractivity contribution in [1.29, 1.82) is 0 Å². The lowest BCUT2D eigenvalue weighted by Gasteiger charge is -2.28. The molecule has 2 unspecified atom stereocenters. The SMILES string of the molecule is CCNC1CCCCCC1OC1CCCC1. The van der Waals surface area contributed by atoms with Gasteiger partial charge in [-0.3, -0.25) is 0 Å². The van der Waals surface area contributed by atoms with Crippen LogP contribution in [0.25, 0.3) is 0 Å². The molecule has 0 spiro atoms. The second kappa shape index (κ2) is 6.61. The molecule has 2 fully saturated rings. The van der Waals surface area contributed by atoms with E-state index < -0.39 is 0 Å². The Labute approximate surface area is 100 Å². The lowest BCUT2D eigenvalue weighted by molar-refractivity contribution is -0.0305. The summed E-state index contributed by atoms with van der Waals surface area (Å²) in [6, 6.07) is 0.619. The Bertz CT molecular complexity index is 189. The van der Waals surface area contributed by atoms with Gasteiger partial charge in [0.15, 0.2) is 0 Å². The molecular weight excluding hydrogens is 198 g/mol. The molecule has 0 aliphatic heterocycles. The summed E-state index contributed by atoms with van der Waals surface area (Å²) in [5.41, 5.74) is 0. The fraction of sp³-hybridized carbons (Fsp3) is 1.00. The smallest absolute Gasteiger partial charge is 0.0731 e. The first-order chi connectivity index (χ1) is 7.90. The van der Waals surface area contributed by atoms with Gasteiger partial charge >= 0.3 is 0 Å². The molecule has 0 heterocycles. The van der Waals surface area contributed by atoms with Crippen LogP contribution in [0.4, 0.5) is 0 Å². The molecular formula is C14H27NO. The van der Waals surface area contributed by atoms with Gasteiger partial charge in [0.1, 0.15) is 0 Å². The van der Waals surface area contributed by atoms with E-state index in [1.54, 1.807) is 0 Å². The molecule has 2 nitrogen and oxygen atoms in total. The molecule has 2 saturated carbocycles. The van der Waals surface area contributed by atoms with Crippen molar-refractivity contribution in [2.75, 3.05) is 6.54 Å². The highest BCUT2D eigenvalue weighted by Crippen LogP contribution is 2.27. The Morgan fingerprint density at radius 1 is 0.938 bits per heavy atom. The molecule has 1 N–H and O–H groups in total. The summed E-state index contributed by atoms with van der Waals surface area (Å²) in [5.74, 6) is 0. The van der Waals surface area contributed by atoms with Gasteiger partial charge in [0.2, 0.25) is 0 Å². The first-order valence-corrected chi connectivity index (χ1v) is 7.29. The van der Waals surface area contributed by atoms with E-state index in [0.717, 1.165) is 6.54 Å². The normalized spacial score (nSPS) is 32.8. The van der Waals surface area contributed by atoms with Gasteiger partial charge in [0.25, 0.3) is 0 Å². The molecule has 0 amide bonds. The molecule has 2 rings (SSSR count). The molecule has 2 atom stereocenters. The Balaban J connectivity index is 1.85.